The van der Waals surface area contributed by atoms with Crippen LogP contribution in [0.1, 0.15) is 11.1 Å². The maximum absolute atomic E-state index is 13.0. The lowest BCUT2D eigenvalue weighted by molar-refractivity contribution is -0.138. The van der Waals surface area contributed by atoms with Gasteiger partial charge < -0.3 is 5.73 Å². The lowest BCUT2D eigenvalue weighted by Gasteiger charge is -2.13. The number of nitrogens with zero attached hydrogens (tertiary/aromatic N) is 2. The summed E-state index contributed by atoms with van der Waals surface area (Å²) in [7, 11) is 0. The van der Waals surface area contributed by atoms with Crippen LogP contribution in [0.4, 0.5) is 32.0 Å². The molecule has 3 rings (SSSR count). The van der Waals surface area contributed by atoms with Crippen molar-refractivity contribution >= 4 is 5.69 Å². The van der Waals surface area contributed by atoms with Gasteiger partial charge in [-0.25, -0.2) is 0 Å². The highest BCUT2D eigenvalue weighted by atomic mass is 19.4. The van der Waals surface area contributed by atoms with E-state index in [9.17, 15) is 31.1 Å². The van der Waals surface area contributed by atoms with Crippen LogP contribution in [0, 0.1) is 0 Å². The van der Waals surface area contributed by atoms with E-state index < -0.39 is 29.0 Å². The van der Waals surface area contributed by atoms with E-state index in [2.05, 4.69) is 5.10 Å². The Morgan fingerprint density at radius 3 is 2.04 bits per heavy atom. The number of rotatable bonds is 2. The average Bonchev–Trinajstić information content (AvgIpc) is 2.61. The first kappa shape index (κ1) is 19.5. The van der Waals surface area contributed by atoms with E-state index in [1.807, 2.05) is 0 Å². The standard InChI is InChI=1S/C18H11F6N3O/c19-17(20,21)11-4-1-3-10(7-11)15-14(25)9-26-27(16(15)28)13-6-2-5-12(8-13)18(22,23)24/h1-9H,25H2. The third-order valence-electron chi connectivity index (χ3n) is 3.90. The summed E-state index contributed by atoms with van der Waals surface area (Å²) in [6, 6.07) is 7.75. The fraction of sp³-hybridized carbons (Fsp3) is 0.111. The number of hydrogen-bond donors (Lipinski definition) is 1. The number of benzene rings is 2. The molecule has 0 radical (unpaired) electrons. The zero-order valence-electron chi connectivity index (χ0n) is 13.8. The lowest BCUT2D eigenvalue weighted by atomic mass is 10.0. The predicted molar refractivity (Wildman–Crippen MR) is 89.7 cm³/mol. The highest BCUT2D eigenvalue weighted by Gasteiger charge is 2.32. The summed E-state index contributed by atoms with van der Waals surface area (Å²) in [6.45, 7) is 0. The molecular weight excluding hydrogens is 388 g/mol. The molecule has 4 nitrogen and oxygen atoms in total. The number of nitrogens with two attached hydrogens (primary N) is 1. The topological polar surface area (TPSA) is 60.9 Å². The largest absolute Gasteiger partial charge is 0.416 e. The highest BCUT2D eigenvalue weighted by molar-refractivity contribution is 5.75. The quantitative estimate of drug-likeness (QED) is 0.645. The molecule has 0 saturated carbocycles. The molecule has 0 aliphatic heterocycles. The molecule has 0 atom stereocenters. The van der Waals surface area contributed by atoms with Crippen LogP contribution in [0.2, 0.25) is 0 Å². The molecule has 1 heterocycles. The average molecular weight is 399 g/mol. The van der Waals surface area contributed by atoms with E-state index in [0.29, 0.717) is 10.7 Å². The Morgan fingerprint density at radius 2 is 1.43 bits per heavy atom. The SMILES string of the molecule is Nc1cnn(-c2cccc(C(F)(F)F)c2)c(=O)c1-c1cccc(C(F)(F)F)c1. The van der Waals surface area contributed by atoms with Crippen LogP contribution in [-0.4, -0.2) is 9.78 Å². The van der Waals surface area contributed by atoms with Crippen LogP contribution in [0.15, 0.2) is 59.5 Å². The second-order valence-corrected chi connectivity index (χ2v) is 5.82. The molecule has 146 valence electrons. The van der Waals surface area contributed by atoms with Gasteiger partial charge >= 0.3 is 12.4 Å². The van der Waals surface area contributed by atoms with Gasteiger partial charge in [-0.2, -0.15) is 36.1 Å². The van der Waals surface area contributed by atoms with Crippen LogP contribution in [0.25, 0.3) is 16.8 Å². The van der Waals surface area contributed by atoms with Gasteiger partial charge in [0.05, 0.1) is 34.3 Å². The summed E-state index contributed by atoms with van der Waals surface area (Å²) in [6.07, 6.45) is -8.29. The van der Waals surface area contributed by atoms with Crippen molar-refractivity contribution in [3.63, 3.8) is 0 Å². The maximum atomic E-state index is 13.0. The molecule has 0 aliphatic carbocycles. The highest BCUT2D eigenvalue weighted by Crippen LogP contribution is 2.33. The van der Waals surface area contributed by atoms with Crippen LogP contribution in [-0.2, 0) is 12.4 Å². The smallest absolute Gasteiger partial charge is 0.397 e. The summed E-state index contributed by atoms with van der Waals surface area (Å²) in [5, 5.41) is 3.72. The Kier molecular flexibility index (Phi) is 4.66. The molecule has 0 unspecified atom stereocenters. The van der Waals surface area contributed by atoms with Gasteiger partial charge in [-0.05, 0) is 35.9 Å². The van der Waals surface area contributed by atoms with Gasteiger partial charge in [-0.15, -0.1) is 0 Å². The maximum Gasteiger partial charge on any atom is 0.416 e. The molecule has 1 aromatic heterocycles. The minimum atomic E-state index is -4.64. The van der Waals surface area contributed by atoms with E-state index >= 15 is 0 Å². The van der Waals surface area contributed by atoms with Crippen molar-refractivity contribution in [1.82, 2.24) is 9.78 Å². The van der Waals surface area contributed by atoms with Gasteiger partial charge in [0.1, 0.15) is 0 Å². The second-order valence-electron chi connectivity index (χ2n) is 5.82. The van der Waals surface area contributed by atoms with Crippen molar-refractivity contribution in [2.45, 2.75) is 12.4 Å². The molecule has 28 heavy (non-hydrogen) atoms. The summed E-state index contributed by atoms with van der Waals surface area (Å²) in [5.41, 5.74) is 1.96. The molecule has 3 aromatic rings. The number of nitrogen functional groups attached to an aromatic ring is 1. The van der Waals surface area contributed by atoms with Crippen molar-refractivity contribution in [1.29, 1.82) is 0 Å². The van der Waals surface area contributed by atoms with Crippen LogP contribution < -0.4 is 11.3 Å². The molecule has 0 bridgehead atoms. The first-order chi connectivity index (χ1) is 13.0. The Bertz CT molecular complexity index is 1090. The van der Waals surface area contributed by atoms with Crippen molar-refractivity contribution in [2.75, 3.05) is 5.73 Å². The van der Waals surface area contributed by atoms with Crippen molar-refractivity contribution in [2.24, 2.45) is 0 Å². The van der Waals surface area contributed by atoms with Crippen LogP contribution in [0.3, 0.4) is 0 Å². The molecular formula is C18H11F6N3O. The van der Waals surface area contributed by atoms with Gasteiger partial charge in [-0.1, -0.05) is 18.2 Å². The van der Waals surface area contributed by atoms with E-state index in [0.717, 1.165) is 36.5 Å². The number of anilines is 1. The molecule has 0 fully saturated rings. The van der Waals surface area contributed by atoms with E-state index in [4.69, 9.17) is 5.73 Å². The third kappa shape index (κ3) is 3.71. The van der Waals surface area contributed by atoms with Gasteiger partial charge in [0, 0.05) is 0 Å². The van der Waals surface area contributed by atoms with Crippen molar-refractivity contribution in [3.05, 3.63) is 76.2 Å². The van der Waals surface area contributed by atoms with Gasteiger partial charge in [-0.3, -0.25) is 4.79 Å². The summed E-state index contributed by atoms with van der Waals surface area (Å²) < 4.78 is 78.3. The number of halogens is 6. The summed E-state index contributed by atoms with van der Waals surface area (Å²) in [5.74, 6) is 0. The Morgan fingerprint density at radius 1 is 0.857 bits per heavy atom. The first-order valence-corrected chi connectivity index (χ1v) is 7.71. The van der Waals surface area contributed by atoms with Crippen molar-refractivity contribution in [3.8, 4) is 16.8 Å². The first-order valence-electron chi connectivity index (χ1n) is 7.71. The van der Waals surface area contributed by atoms with E-state index in [1.165, 1.54) is 12.1 Å². The monoisotopic (exact) mass is 399 g/mol. The van der Waals surface area contributed by atoms with E-state index in [-0.39, 0.29) is 22.5 Å². The number of hydrogen-bond acceptors (Lipinski definition) is 3. The Balaban J connectivity index is 2.19. The Labute approximate surface area is 153 Å². The van der Waals surface area contributed by atoms with E-state index in [1.54, 1.807) is 0 Å². The zero-order valence-corrected chi connectivity index (χ0v) is 13.8. The minimum absolute atomic E-state index is 0.125. The summed E-state index contributed by atoms with van der Waals surface area (Å²) in [4.78, 5) is 12.8. The fourth-order valence-electron chi connectivity index (χ4n) is 2.61. The zero-order chi connectivity index (χ0) is 20.7. The molecule has 10 heteroatoms. The number of alkyl halides is 6. The van der Waals surface area contributed by atoms with Gasteiger partial charge in [0.15, 0.2) is 0 Å². The fourth-order valence-corrected chi connectivity index (χ4v) is 2.61. The normalized spacial score (nSPS) is 12.2. The van der Waals surface area contributed by atoms with Gasteiger partial charge in [0.2, 0.25) is 0 Å². The molecule has 0 saturated heterocycles. The number of aromatic nitrogens is 2. The molecule has 0 aliphatic rings. The molecule has 0 spiro atoms. The lowest BCUT2D eigenvalue weighted by Crippen LogP contribution is -2.24. The molecule has 0 amide bonds. The molecule has 2 N–H and O–H groups in total. The summed E-state index contributed by atoms with van der Waals surface area (Å²) >= 11 is 0. The minimum Gasteiger partial charge on any atom is -0.397 e. The van der Waals surface area contributed by atoms with Gasteiger partial charge in [0.25, 0.3) is 5.56 Å². The van der Waals surface area contributed by atoms with Crippen LogP contribution >= 0.6 is 0 Å². The predicted octanol–water partition coefficient (Wildman–Crippen LogP) is 4.52. The second kappa shape index (κ2) is 6.70. The molecule has 2 aromatic carbocycles. The van der Waals surface area contributed by atoms with Crippen LogP contribution in [0.5, 0.6) is 0 Å². The third-order valence-corrected chi connectivity index (χ3v) is 3.90. The Hall–Kier alpha value is -3.30. The van der Waals surface area contributed by atoms with Crippen molar-refractivity contribution < 1.29 is 26.3 Å².